The molecule has 1 unspecified atom stereocenters. The summed E-state index contributed by atoms with van der Waals surface area (Å²) in [5, 5.41) is 10.0. The number of nitrogens with zero attached hydrogens (tertiary/aromatic N) is 1. The van der Waals surface area contributed by atoms with Gasteiger partial charge in [-0.2, -0.15) is 4.31 Å². The number of carbonyl (C=O) groups excluding carboxylic acids is 1. The van der Waals surface area contributed by atoms with E-state index < -0.39 is 22.1 Å². The van der Waals surface area contributed by atoms with E-state index >= 15 is 0 Å². The van der Waals surface area contributed by atoms with Crippen LogP contribution in [-0.2, 0) is 19.6 Å². The molecular weight excluding hydrogens is 318 g/mol. The zero-order chi connectivity index (χ0) is 17.6. The summed E-state index contributed by atoms with van der Waals surface area (Å²) < 4.78 is 30.8. The third kappa shape index (κ3) is 4.75. The molecule has 1 aromatic carbocycles. The first kappa shape index (κ1) is 19.1. The minimum Gasteiger partial charge on any atom is -0.466 e. The highest BCUT2D eigenvalue weighted by Gasteiger charge is 2.28. The van der Waals surface area contributed by atoms with E-state index in [4.69, 9.17) is 0 Å². The monoisotopic (exact) mass is 339 g/mol. The van der Waals surface area contributed by atoms with Crippen LogP contribution in [0.1, 0.15) is 5.56 Å². The molecule has 0 aliphatic heterocycles. The second kappa shape index (κ2) is 8.05. The van der Waals surface area contributed by atoms with Crippen molar-refractivity contribution >= 4 is 16.0 Å². The second-order valence-electron chi connectivity index (χ2n) is 4.96. The molecule has 0 bridgehead atoms. The number of sulfonamides is 1. The predicted octanol–water partition coefficient (Wildman–Crippen LogP) is 1.26. The van der Waals surface area contributed by atoms with Gasteiger partial charge < -0.3 is 9.84 Å². The number of benzene rings is 1. The molecular formula is C16H21NO5S. The minimum atomic E-state index is -3.83. The van der Waals surface area contributed by atoms with Crippen molar-refractivity contribution < 1.29 is 23.1 Å². The highest BCUT2D eigenvalue weighted by Crippen LogP contribution is 2.18. The van der Waals surface area contributed by atoms with Gasteiger partial charge in [0.1, 0.15) is 0 Å². The maximum atomic E-state index is 12.7. The molecule has 0 radical (unpaired) electrons. The molecule has 126 valence electrons. The minimum absolute atomic E-state index is 0.0122. The Kier molecular flexibility index (Phi) is 6.68. The molecule has 0 fully saturated rings. The number of aliphatic hydroxyl groups excluding tert-OH is 1. The summed E-state index contributed by atoms with van der Waals surface area (Å²) in [5.41, 5.74) is 0.721. The van der Waals surface area contributed by atoms with Crippen LogP contribution in [0.15, 0.2) is 54.0 Å². The predicted molar refractivity (Wildman–Crippen MR) is 87.3 cm³/mol. The third-order valence-corrected chi connectivity index (χ3v) is 5.06. The van der Waals surface area contributed by atoms with Crippen LogP contribution in [0.4, 0.5) is 0 Å². The van der Waals surface area contributed by atoms with Crippen molar-refractivity contribution in [2.75, 3.05) is 20.2 Å². The lowest BCUT2D eigenvalue weighted by atomic mass is 10.1. The van der Waals surface area contributed by atoms with Gasteiger partial charge in [0.25, 0.3) is 0 Å². The van der Waals surface area contributed by atoms with Gasteiger partial charge in [0.2, 0.25) is 10.0 Å². The van der Waals surface area contributed by atoms with Gasteiger partial charge >= 0.3 is 5.97 Å². The van der Waals surface area contributed by atoms with Gasteiger partial charge in [-0.15, -0.1) is 6.58 Å². The van der Waals surface area contributed by atoms with Crippen molar-refractivity contribution in [3.8, 4) is 0 Å². The van der Waals surface area contributed by atoms with Crippen LogP contribution in [0.2, 0.25) is 0 Å². The van der Waals surface area contributed by atoms with Crippen LogP contribution in [-0.4, -0.2) is 50.1 Å². The lowest BCUT2D eigenvalue weighted by Gasteiger charge is -2.24. The lowest BCUT2D eigenvalue weighted by molar-refractivity contribution is -0.137. The Bertz CT molecular complexity index is 679. The van der Waals surface area contributed by atoms with Crippen LogP contribution in [0, 0.1) is 6.92 Å². The molecule has 7 heteroatoms. The summed E-state index contributed by atoms with van der Waals surface area (Å²) in [6, 6.07) is 6.34. The Morgan fingerprint density at radius 2 is 1.96 bits per heavy atom. The van der Waals surface area contributed by atoms with Crippen molar-refractivity contribution in [3.05, 3.63) is 54.6 Å². The number of carbonyl (C=O) groups is 1. The van der Waals surface area contributed by atoms with Gasteiger partial charge in [-0.3, -0.25) is 0 Å². The van der Waals surface area contributed by atoms with E-state index in [2.05, 4.69) is 17.9 Å². The first-order valence-electron chi connectivity index (χ1n) is 6.87. The Morgan fingerprint density at radius 3 is 2.43 bits per heavy atom. The maximum Gasteiger partial charge on any atom is 0.335 e. The van der Waals surface area contributed by atoms with Crippen LogP contribution in [0.5, 0.6) is 0 Å². The van der Waals surface area contributed by atoms with Gasteiger partial charge in [-0.05, 0) is 19.1 Å². The lowest BCUT2D eigenvalue weighted by Crippen LogP contribution is -2.39. The summed E-state index contributed by atoms with van der Waals surface area (Å²) >= 11 is 0. The standard InChI is InChI=1S/C16H21NO5S/c1-5-10-17(11-15(18)13(3)16(19)22-4)23(20,21)14-8-6-12(2)7-9-14/h5-9,15,18H,1,3,10-11H2,2,4H3. The largest absolute Gasteiger partial charge is 0.466 e. The number of aliphatic hydroxyl groups is 1. The molecule has 6 nitrogen and oxygen atoms in total. The quantitative estimate of drug-likeness (QED) is 0.438. The molecule has 1 N–H and O–H groups in total. The molecule has 0 spiro atoms. The molecule has 0 heterocycles. The molecule has 1 atom stereocenters. The fourth-order valence-electron chi connectivity index (χ4n) is 1.84. The number of hydrogen-bond donors (Lipinski definition) is 1. The fraction of sp³-hybridized carbons (Fsp3) is 0.312. The molecule has 0 amide bonds. The Labute approximate surface area is 136 Å². The first-order chi connectivity index (χ1) is 10.7. The smallest absolute Gasteiger partial charge is 0.335 e. The van der Waals surface area contributed by atoms with E-state index in [1.807, 2.05) is 6.92 Å². The third-order valence-electron chi connectivity index (χ3n) is 3.22. The Hall–Kier alpha value is -1.96. The molecule has 1 aromatic rings. The van der Waals surface area contributed by atoms with Crippen LogP contribution < -0.4 is 0 Å². The highest BCUT2D eigenvalue weighted by molar-refractivity contribution is 7.89. The van der Waals surface area contributed by atoms with Gasteiger partial charge in [-0.25, -0.2) is 13.2 Å². The number of methoxy groups -OCH3 is 1. The van der Waals surface area contributed by atoms with Crippen LogP contribution in [0.25, 0.3) is 0 Å². The summed E-state index contributed by atoms with van der Waals surface area (Å²) in [6.07, 6.45) is 0.0296. The molecule has 1 rings (SSSR count). The summed E-state index contributed by atoms with van der Waals surface area (Å²) in [5.74, 6) is -0.788. The first-order valence-corrected chi connectivity index (χ1v) is 8.31. The van der Waals surface area contributed by atoms with Crippen molar-refractivity contribution in [1.29, 1.82) is 0 Å². The van der Waals surface area contributed by atoms with Gasteiger partial charge in [0.05, 0.1) is 23.7 Å². The van der Waals surface area contributed by atoms with E-state index in [0.717, 1.165) is 17.0 Å². The van der Waals surface area contributed by atoms with E-state index in [0.29, 0.717) is 0 Å². The molecule has 0 saturated heterocycles. The van der Waals surface area contributed by atoms with E-state index in [-0.39, 0.29) is 23.6 Å². The molecule has 23 heavy (non-hydrogen) atoms. The number of ether oxygens (including phenoxy) is 1. The molecule has 0 saturated carbocycles. The maximum absolute atomic E-state index is 12.7. The normalized spacial score (nSPS) is 12.7. The van der Waals surface area contributed by atoms with E-state index in [9.17, 15) is 18.3 Å². The van der Waals surface area contributed by atoms with Crippen molar-refractivity contribution in [2.24, 2.45) is 0 Å². The number of hydrogen-bond acceptors (Lipinski definition) is 5. The molecule has 0 aliphatic rings. The Morgan fingerprint density at radius 1 is 1.39 bits per heavy atom. The topological polar surface area (TPSA) is 83.9 Å². The van der Waals surface area contributed by atoms with E-state index in [1.165, 1.54) is 18.2 Å². The number of rotatable bonds is 8. The molecule has 0 aromatic heterocycles. The van der Waals surface area contributed by atoms with E-state index in [1.54, 1.807) is 12.1 Å². The van der Waals surface area contributed by atoms with Crippen molar-refractivity contribution in [3.63, 3.8) is 0 Å². The van der Waals surface area contributed by atoms with Crippen molar-refractivity contribution in [1.82, 2.24) is 4.31 Å². The van der Waals surface area contributed by atoms with Crippen LogP contribution in [0.3, 0.4) is 0 Å². The zero-order valence-corrected chi connectivity index (χ0v) is 14.0. The second-order valence-corrected chi connectivity index (χ2v) is 6.89. The zero-order valence-electron chi connectivity index (χ0n) is 13.2. The average Bonchev–Trinajstić information content (AvgIpc) is 2.53. The fourth-order valence-corrected chi connectivity index (χ4v) is 3.26. The number of aryl methyl sites for hydroxylation is 1. The number of esters is 1. The summed E-state index contributed by atoms with van der Waals surface area (Å²) in [6.45, 7) is 8.47. The van der Waals surface area contributed by atoms with Gasteiger partial charge in [0, 0.05) is 13.1 Å². The summed E-state index contributed by atoms with van der Waals surface area (Å²) in [4.78, 5) is 11.5. The summed E-state index contributed by atoms with van der Waals surface area (Å²) in [7, 11) is -2.67. The van der Waals surface area contributed by atoms with Gasteiger partial charge in [-0.1, -0.05) is 30.4 Å². The van der Waals surface area contributed by atoms with Gasteiger partial charge in [0.15, 0.2) is 0 Å². The SMILES string of the molecule is C=CCN(CC(O)C(=C)C(=O)OC)S(=O)(=O)c1ccc(C)cc1. The van der Waals surface area contributed by atoms with Crippen LogP contribution >= 0.6 is 0 Å². The average molecular weight is 339 g/mol. The highest BCUT2D eigenvalue weighted by atomic mass is 32.2. The van der Waals surface area contributed by atoms with Crippen molar-refractivity contribution in [2.45, 2.75) is 17.9 Å². The Balaban J connectivity index is 3.05. The molecule has 0 aliphatic carbocycles.